The molecule has 1 aliphatic heterocycles. The molecule has 1 N–H and O–H groups in total. The van der Waals surface area contributed by atoms with Crippen LogP contribution in [0.1, 0.15) is 25.0 Å². The average molecular weight is 463 g/mol. The van der Waals surface area contributed by atoms with Crippen LogP contribution in [0.2, 0.25) is 0 Å². The summed E-state index contributed by atoms with van der Waals surface area (Å²) in [6, 6.07) is 10.1. The largest absolute Gasteiger partial charge is 0.489 e. The molecule has 174 valence electrons. The zero-order valence-corrected chi connectivity index (χ0v) is 19.7. The van der Waals surface area contributed by atoms with Crippen LogP contribution in [0, 0.1) is 13.8 Å². The monoisotopic (exact) mass is 462 g/mol. The average Bonchev–Trinajstić information content (AvgIpc) is 2.76. The fourth-order valence-corrected chi connectivity index (χ4v) is 4.63. The summed E-state index contributed by atoms with van der Waals surface area (Å²) < 4.78 is 44.0. The minimum Gasteiger partial charge on any atom is -0.489 e. The van der Waals surface area contributed by atoms with Crippen molar-refractivity contribution in [2.75, 3.05) is 38.2 Å². The van der Waals surface area contributed by atoms with Gasteiger partial charge in [-0.3, -0.25) is 4.79 Å². The number of nitrogens with one attached hydrogen (secondary N) is 1. The normalized spacial score (nSPS) is 14.9. The Balaban J connectivity index is 1.78. The van der Waals surface area contributed by atoms with Crippen LogP contribution >= 0.6 is 0 Å². The van der Waals surface area contributed by atoms with E-state index in [0.29, 0.717) is 24.7 Å². The summed E-state index contributed by atoms with van der Waals surface area (Å²) in [5.41, 5.74) is 2.48. The second-order valence-electron chi connectivity index (χ2n) is 7.92. The number of sulfonamides is 1. The number of anilines is 1. The molecule has 0 aromatic heterocycles. The molecule has 1 amide bonds. The molecule has 1 fully saturated rings. The van der Waals surface area contributed by atoms with Gasteiger partial charge < -0.3 is 19.5 Å². The fraction of sp³-hybridized carbons (Fsp3) is 0.435. The molecule has 8 nitrogen and oxygen atoms in total. The van der Waals surface area contributed by atoms with Crippen molar-refractivity contribution in [3.63, 3.8) is 0 Å². The molecule has 1 aliphatic rings. The lowest BCUT2D eigenvalue weighted by Gasteiger charge is -2.26. The van der Waals surface area contributed by atoms with Crippen LogP contribution in [0.4, 0.5) is 5.69 Å². The van der Waals surface area contributed by atoms with Crippen LogP contribution < -0.4 is 14.8 Å². The lowest BCUT2D eigenvalue weighted by molar-refractivity contribution is -0.118. The first-order valence-electron chi connectivity index (χ1n) is 10.6. The van der Waals surface area contributed by atoms with Crippen molar-refractivity contribution in [1.29, 1.82) is 0 Å². The van der Waals surface area contributed by atoms with Gasteiger partial charge in [0, 0.05) is 13.1 Å². The van der Waals surface area contributed by atoms with Gasteiger partial charge in [-0.1, -0.05) is 6.07 Å². The Morgan fingerprint density at radius 3 is 2.47 bits per heavy atom. The van der Waals surface area contributed by atoms with Gasteiger partial charge >= 0.3 is 0 Å². The highest BCUT2D eigenvalue weighted by Crippen LogP contribution is 2.30. The zero-order chi connectivity index (χ0) is 23.3. The number of carbonyl (C=O) groups excluding carboxylic acids is 1. The highest BCUT2D eigenvalue weighted by atomic mass is 32.2. The molecule has 9 heteroatoms. The van der Waals surface area contributed by atoms with Crippen LogP contribution in [-0.4, -0.2) is 57.6 Å². The summed E-state index contributed by atoms with van der Waals surface area (Å²) in [6.45, 7) is 8.75. The van der Waals surface area contributed by atoms with E-state index in [-0.39, 0.29) is 36.4 Å². The number of morpholine rings is 1. The molecule has 0 radical (unpaired) electrons. The number of ether oxygens (including phenoxy) is 3. The number of carbonyl (C=O) groups is 1. The van der Waals surface area contributed by atoms with E-state index >= 15 is 0 Å². The Kier molecular flexibility index (Phi) is 7.76. The number of benzene rings is 2. The van der Waals surface area contributed by atoms with E-state index in [2.05, 4.69) is 5.32 Å². The van der Waals surface area contributed by atoms with Gasteiger partial charge in [0.1, 0.15) is 11.5 Å². The van der Waals surface area contributed by atoms with Crippen LogP contribution in [-0.2, 0) is 19.6 Å². The maximum absolute atomic E-state index is 13.0. The molecule has 2 aromatic carbocycles. The highest BCUT2D eigenvalue weighted by Gasteiger charge is 2.27. The van der Waals surface area contributed by atoms with Crippen LogP contribution in [0.25, 0.3) is 0 Å². The number of hydrogen-bond acceptors (Lipinski definition) is 6. The maximum atomic E-state index is 13.0. The van der Waals surface area contributed by atoms with Crippen LogP contribution in [0.5, 0.6) is 11.5 Å². The number of rotatable bonds is 8. The van der Waals surface area contributed by atoms with E-state index < -0.39 is 15.9 Å². The Morgan fingerprint density at radius 1 is 1.09 bits per heavy atom. The van der Waals surface area contributed by atoms with Gasteiger partial charge in [0.05, 0.1) is 29.9 Å². The first-order chi connectivity index (χ1) is 15.2. The molecule has 1 heterocycles. The van der Waals surface area contributed by atoms with E-state index in [9.17, 15) is 13.2 Å². The molecular weight excluding hydrogens is 432 g/mol. The molecule has 0 bridgehead atoms. The van der Waals surface area contributed by atoms with E-state index in [1.165, 1.54) is 16.4 Å². The predicted molar refractivity (Wildman–Crippen MR) is 122 cm³/mol. The maximum Gasteiger partial charge on any atom is 0.262 e. The minimum absolute atomic E-state index is 0.0842. The fourth-order valence-electron chi connectivity index (χ4n) is 3.20. The molecule has 0 unspecified atom stereocenters. The third-order valence-electron chi connectivity index (χ3n) is 5.04. The molecule has 0 spiro atoms. The van der Waals surface area contributed by atoms with E-state index in [4.69, 9.17) is 14.2 Å². The zero-order valence-electron chi connectivity index (χ0n) is 18.9. The number of hydrogen-bond donors (Lipinski definition) is 1. The third kappa shape index (κ3) is 5.99. The number of nitrogens with zero attached hydrogens (tertiary/aromatic N) is 1. The van der Waals surface area contributed by atoms with Gasteiger partial charge in [0.25, 0.3) is 5.91 Å². The lowest BCUT2D eigenvalue weighted by atomic mass is 10.1. The molecule has 0 atom stereocenters. The van der Waals surface area contributed by atoms with Crippen molar-refractivity contribution in [2.24, 2.45) is 0 Å². The first-order valence-corrected chi connectivity index (χ1v) is 12.0. The number of amides is 1. The second-order valence-corrected chi connectivity index (χ2v) is 9.86. The van der Waals surface area contributed by atoms with Crippen LogP contribution in [0.3, 0.4) is 0 Å². The van der Waals surface area contributed by atoms with Gasteiger partial charge in [-0.2, -0.15) is 4.31 Å². The Morgan fingerprint density at radius 2 is 1.81 bits per heavy atom. The lowest BCUT2D eigenvalue weighted by Crippen LogP contribution is -2.40. The standard InChI is InChI=1S/C23H30N2O6S/c1-16(2)31-22-8-7-20(32(27,28)25-9-11-29-12-10-25)14-21(22)24-23(26)15-30-19-6-5-17(3)18(4)13-19/h5-8,13-14,16H,9-12,15H2,1-4H3,(H,24,26). The van der Waals surface area contributed by atoms with Crippen molar-refractivity contribution >= 4 is 21.6 Å². The summed E-state index contributed by atoms with van der Waals surface area (Å²) in [4.78, 5) is 12.7. The Bertz CT molecular complexity index is 1060. The number of aryl methyl sites for hydroxylation is 2. The third-order valence-corrected chi connectivity index (χ3v) is 6.94. The molecule has 0 aliphatic carbocycles. The highest BCUT2D eigenvalue weighted by molar-refractivity contribution is 7.89. The van der Waals surface area contributed by atoms with Crippen LogP contribution in [0.15, 0.2) is 41.3 Å². The summed E-state index contributed by atoms with van der Waals surface area (Å²) in [5, 5.41) is 2.73. The summed E-state index contributed by atoms with van der Waals surface area (Å²) >= 11 is 0. The van der Waals surface area contributed by atoms with Crippen molar-refractivity contribution in [3.8, 4) is 11.5 Å². The molecule has 3 rings (SSSR count). The Labute approximate surface area is 189 Å². The van der Waals surface area contributed by atoms with Gasteiger partial charge in [0.15, 0.2) is 6.61 Å². The first kappa shape index (κ1) is 24.0. The summed E-state index contributed by atoms with van der Waals surface area (Å²) in [7, 11) is -3.71. The van der Waals surface area contributed by atoms with Gasteiger partial charge in [-0.15, -0.1) is 0 Å². The predicted octanol–water partition coefficient (Wildman–Crippen LogP) is 3.13. The smallest absolute Gasteiger partial charge is 0.262 e. The van der Waals surface area contributed by atoms with E-state index in [0.717, 1.165) is 11.1 Å². The van der Waals surface area contributed by atoms with Crippen molar-refractivity contribution in [1.82, 2.24) is 4.31 Å². The molecule has 32 heavy (non-hydrogen) atoms. The molecule has 0 saturated carbocycles. The van der Waals surface area contributed by atoms with E-state index in [1.807, 2.05) is 39.8 Å². The SMILES string of the molecule is Cc1ccc(OCC(=O)Nc2cc(S(=O)(=O)N3CCOCC3)ccc2OC(C)C)cc1C. The van der Waals surface area contributed by atoms with Crippen molar-refractivity contribution in [3.05, 3.63) is 47.5 Å². The summed E-state index contributed by atoms with van der Waals surface area (Å²) in [5.74, 6) is 0.559. The van der Waals surface area contributed by atoms with Crippen molar-refractivity contribution < 1.29 is 27.4 Å². The molecule has 2 aromatic rings. The van der Waals surface area contributed by atoms with Gasteiger partial charge in [-0.05, 0) is 69.2 Å². The van der Waals surface area contributed by atoms with Crippen molar-refractivity contribution in [2.45, 2.75) is 38.7 Å². The summed E-state index contributed by atoms with van der Waals surface area (Å²) in [6.07, 6.45) is -0.154. The molecule has 1 saturated heterocycles. The molecular formula is C23H30N2O6S. The quantitative estimate of drug-likeness (QED) is 0.648. The topological polar surface area (TPSA) is 94.2 Å². The van der Waals surface area contributed by atoms with Gasteiger partial charge in [-0.25, -0.2) is 8.42 Å². The minimum atomic E-state index is -3.71. The second kappa shape index (κ2) is 10.3. The van der Waals surface area contributed by atoms with Gasteiger partial charge in [0.2, 0.25) is 10.0 Å². The van der Waals surface area contributed by atoms with E-state index in [1.54, 1.807) is 12.1 Å². The Hall–Kier alpha value is -2.62.